The van der Waals surface area contributed by atoms with E-state index in [1.807, 2.05) is 13.0 Å². The van der Waals surface area contributed by atoms with Crippen molar-refractivity contribution in [2.75, 3.05) is 13.2 Å². The summed E-state index contributed by atoms with van der Waals surface area (Å²) in [6.07, 6.45) is 6.95. The molecule has 180 valence electrons. The molecule has 1 fully saturated rings. The van der Waals surface area contributed by atoms with Crippen LogP contribution in [-0.4, -0.2) is 53.0 Å². The zero-order chi connectivity index (χ0) is 24.1. The van der Waals surface area contributed by atoms with E-state index in [1.165, 1.54) is 10.4 Å². The number of piperidine rings is 1. The zero-order valence-electron chi connectivity index (χ0n) is 19.3. The van der Waals surface area contributed by atoms with Gasteiger partial charge in [0, 0.05) is 37.0 Å². The standard InChI is InChI=1S/C24H28N4O5S/c1-17-10-11-20(34(30,31)28-13-4-3-7-18(28)2)15-21(17)24(29)32-14-6-9-22-26-23(27-33-22)19-8-5-12-25-16-19/h5,8,10-12,15-16,18H,3-4,6-7,9,13-14H2,1-2H3. The monoisotopic (exact) mass is 484 g/mol. The lowest BCUT2D eigenvalue weighted by Gasteiger charge is -2.32. The van der Waals surface area contributed by atoms with Crippen LogP contribution in [0.2, 0.25) is 0 Å². The molecular formula is C24H28N4O5S. The van der Waals surface area contributed by atoms with Gasteiger partial charge in [0.2, 0.25) is 21.7 Å². The van der Waals surface area contributed by atoms with Crippen LogP contribution < -0.4 is 0 Å². The number of hydrogen-bond donors (Lipinski definition) is 0. The number of esters is 1. The van der Waals surface area contributed by atoms with Gasteiger partial charge in [0.05, 0.1) is 17.1 Å². The summed E-state index contributed by atoms with van der Waals surface area (Å²) >= 11 is 0. The molecule has 0 aliphatic carbocycles. The van der Waals surface area contributed by atoms with Crippen molar-refractivity contribution in [3.8, 4) is 11.4 Å². The van der Waals surface area contributed by atoms with Crippen LogP contribution in [0.25, 0.3) is 11.4 Å². The summed E-state index contributed by atoms with van der Waals surface area (Å²) in [4.78, 5) is 21.2. The molecule has 1 aromatic carbocycles. The first-order valence-electron chi connectivity index (χ1n) is 11.4. The first-order valence-corrected chi connectivity index (χ1v) is 12.8. The summed E-state index contributed by atoms with van der Waals surface area (Å²) in [5.74, 6) is 0.342. The summed E-state index contributed by atoms with van der Waals surface area (Å²) in [6, 6.07) is 8.20. The maximum absolute atomic E-state index is 13.2. The average Bonchev–Trinajstić information content (AvgIpc) is 3.31. The highest BCUT2D eigenvalue weighted by Gasteiger charge is 2.31. The van der Waals surface area contributed by atoms with Gasteiger partial charge >= 0.3 is 5.97 Å². The normalized spacial score (nSPS) is 16.9. The lowest BCUT2D eigenvalue weighted by Crippen LogP contribution is -2.41. The van der Waals surface area contributed by atoms with E-state index in [0.717, 1.165) is 24.8 Å². The first-order chi connectivity index (χ1) is 16.4. The van der Waals surface area contributed by atoms with E-state index < -0.39 is 16.0 Å². The Kier molecular flexibility index (Phi) is 7.38. The maximum Gasteiger partial charge on any atom is 0.338 e. The largest absolute Gasteiger partial charge is 0.462 e. The lowest BCUT2D eigenvalue weighted by molar-refractivity contribution is 0.0497. The van der Waals surface area contributed by atoms with E-state index in [0.29, 0.717) is 36.7 Å². The van der Waals surface area contributed by atoms with Gasteiger partial charge in [0.15, 0.2) is 0 Å². The molecule has 1 atom stereocenters. The molecule has 1 aliphatic rings. The topological polar surface area (TPSA) is 115 Å². The molecule has 3 heterocycles. The Morgan fingerprint density at radius 1 is 1.26 bits per heavy atom. The minimum atomic E-state index is -3.67. The molecule has 34 heavy (non-hydrogen) atoms. The van der Waals surface area contributed by atoms with Crippen LogP contribution in [0.3, 0.4) is 0 Å². The Hall–Kier alpha value is -3.11. The zero-order valence-corrected chi connectivity index (χ0v) is 20.1. The van der Waals surface area contributed by atoms with Gasteiger partial charge in [-0.1, -0.05) is 17.6 Å². The highest BCUT2D eigenvalue weighted by molar-refractivity contribution is 7.89. The molecule has 0 N–H and O–H groups in total. The second-order valence-electron chi connectivity index (χ2n) is 8.43. The molecule has 10 heteroatoms. The van der Waals surface area contributed by atoms with Crippen molar-refractivity contribution in [2.45, 2.75) is 56.9 Å². The van der Waals surface area contributed by atoms with E-state index in [-0.39, 0.29) is 23.1 Å². The fraction of sp³-hybridized carbons (Fsp3) is 0.417. The predicted molar refractivity (Wildman–Crippen MR) is 125 cm³/mol. The maximum atomic E-state index is 13.2. The van der Waals surface area contributed by atoms with Crippen LogP contribution in [0, 0.1) is 6.92 Å². The van der Waals surface area contributed by atoms with E-state index >= 15 is 0 Å². The molecule has 0 saturated carbocycles. The number of carbonyl (C=O) groups excluding carboxylic acids is 1. The molecule has 0 amide bonds. The highest BCUT2D eigenvalue weighted by Crippen LogP contribution is 2.26. The predicted octanol–water partition coefficient (Wildman–Crippen LogP) is 3.79. The van der Waals surface area contributed by atoms with Gasteiger partial charge in [-0.05, 0) is 62.9 Å². The molecule has 1 unspecified atom stereocenters. The summed E-state index contributed by atoms with van der Waals surface area (Å²) in [5.41, 5.74) is 1.67. The fourth-order valence-corrected chi connectivity index (χ4v) is 5.71. The van der Waals surface area contributed by atoms with E-state index in [4.69, 9.17) is 9.26 Å². The molecule has 0 bridgehead atoms. The number of nitrogens with zero attached hydrogens (tertiary/aromatic N) is 4. The van der Waals surface area contributed by atoms with Crippen molar-refractivity contribution in [1.82, 2.24) is 19.4 Å². The fourth-order valence-electron chi connectivity index (χ4n) is 3.98. The Morgan fingerprint density at radius 2 is 2.12 bits per heavy atom. The Balaban J connectivity index is 1.36. The smallest absolute Gasteiger partial charge is 0.338 e. The van der Waals surface area contributed by atoms with Gasteiger partial charge in [-0.15, -0.1) is 0 Å². The molecule has 1 saturated heterocycles. The van der Waals surface area contributed by atoms with Crippen LogP contribution in [0.15, 0.2) is 52.1 Å². The molecule has 0 radical (unpaired) electrons. The summed E-state index contributed by atoms with van der Waals surface area (Å²) < 4.78 is 38.5. The number of carbonyl (C=O) groups is 1. The van der Waals surface area contributed by atoms with Gasteiger partial charge in [0.25, 0.3) is 0 Å². The van der Waals surface area contributed by atoms with Crippen molar-refractivity contribution in [1.29, 1.82) is 0 Å². The van der Waals surface area contributed by atoms with Gasteiger partial charge in [-0.2, -0.15) is 9.29 Å². The average molecular weight is 485 g/mol. The minimum absolute atomic E-state index is 0.0566. The SMILES string of the molecule is Cc1ccc(S(=O)(=O)N2CCCCC2C)cc1C(=O)OCCCc1nc(-c2cccnc2)no1. The molecular weight excluding hydrogens is 456 g/mol. The third-order valence-electron chi connectivity index (χ3n) is 5.93. The van der Waals surface area contributed by atoms with Crippen molar-refractivity contribution in [3.05, 3.63) is 59.7 Å². The van der Waals surface area contributed by atoms with Crippen molar-refractivity contribution in [2.24, 2.45) is 0 Å². The van der Waals surface area contributed by atoms with Crippen LogP contribution in [0.5, 0.6) is 0 Å². The van der Waals surface area contributed by atoms with Crippen LogP contribution in [0.4, 0.5) is 0 Å². The molecule has 9 nitrogen and oxygen atoms in total. The van der Waals surface area contributed by atoms with Gasteiger partial charge in [-0.25, -0.2) is 13.2 Å². The molecule has 3 aromatic rings. The number of ether oxygens (including phenoxy) is 1. The second-order valence-corrected chi connectivity index (χ2v) is 10.3. The van der Waals surface area contributed by atoms with Crippen LogP contribution in [0.1, 0.15) is 54.4 Å². The second kappa shape index (κ2) is 10.4. The summed E-state index contributed by atoms with van der Waals surface area (Å²) in [5, 5.41) is 3.94. The first kappa shape index (κ1) is 24.0. The number of sulfonamides is 1. The molecule has 4 rings (SSSR count). The quantitative estimate of drug-likeness (QED) is 0.350. The van der Waals surface area contributed by atoms with Crippen LogP contribution in [-0.2, 0) is 21.2 Å². The van der Waals surface area contributed by atoms with Crippen molar-refractivity contribution >= 4 is 16.0 Å². The summed E-state index contributed by atoms with van der Waals surface area (Å²) in [7, 11) is -3.67. The van der Waals surface area contributed by atoms with Gasteiger partial charge in [0.1, 0.15) is 0 Å². The summed E-state index contributed by atoms with van der Waals surface area (Å²) in [6.45, 7) is 4.32. The molecule has 1 aliphatic heterocycles. The van der Waals surface area contributed by atoms with E-state index in [9.17, 15) is 13.2 Å². The number of benzene rings is 1. The van der Waals surface area contributed by atoms with Crippen molar-refractivity contribution < 1.29 is 22.5 Å². The number of pyridine rings is 1. The Morgan fingerprint density at radius 3 is 2.88 bits per heavy atom. The van der Waals surface area contributed by atoms with Crippen LogP contribution >= 0.6 is 0 Å². The molecule has 0 spiro atoms. The minimum Gasteiger partial charge on any atom is -0.462 e. The van der Waals surface area contributed by atoms with E-state index in [1.54, 1.807) is 37.5 Å². The number of rotatable bonds is 8. The Bertz CT molecular complexity index is 1240. The number of aryl methyl sites for hydroxylation is 2. The lowest BCUT2D eigenvalue weighted by atomic mass is 10.1. The highest BCUT2D eigenvalue weighted by atomic mass is 32.2. The molecule has 2 aromatic heterocycles. The Labute approximate surface area is 199 Å². The van der Waals surface area contributed by atoms with Gasteiger partial charge < -0.3 is 9.26 Å². The number of hydrogen-bond acceptors (Lipinski definition) is 8. The van der Waals surface area contributed by atoms with Gasteiger partial charge in [-0.3, -0.25) is 4.98 Å². The third-order valence-corrected chi connectivity index (χ3v) is 7.94. The number of aromatic nitrogens is 3. The third kappa shape index (κ3) is 5.34. The van der Waals surface area contributed by atoms with E-state index in [2.05, 4.69) is 15.1 Å². The van der Waals surface area contributed by atoms with Crippen molar-refractivity contribution in [3.63, 3.8) is 0 Å².